The molecule has 0 bridgehead atoms. The summed E-state index contributed by atoms with van der Waals surface area (Å²) in [6.45, 7) is 8.03. The summed E-state index contributed by atoms with van der Waals surface area (Å²) in [5.74, 6) is 2.49. The van der Waals surface area contributed by atoms with E-state index in [1.807, 2.05) is 12.4 Å². The highest BCUT2D eigenvalue weighted by Crippen LogP contribution is 2.39. The molecular formula is C16H26N2. The Hall–Kier alpha value is -0.890. The maximum Gasteiger partial charge on any atom is 0.0349 e. The van der Waals surface area contributed by atoms with E-state index in [1.54, 1.807) is 0 Å². The second-order valence-electron chi connectivity index (χ2n) is 5.99. The second-order valence-corrected chi connectivity index (χ2v) is 5.99. The summed E-state index contributed by atoms with van der Waals surface area (Å²) in [4.78, 5) is 4.14. The molecule has 1 aliphatic carbocycles. The molecule has 1 saturated carbocycles. The van der Waals surface area contributed by atoms with Gasteiger partial charge in [0.2, 0.25) is 0 Å². The molecule has 0 saturated heterocycles. The third-order valence-electron chi connectivity index (χ3n) is 4.18. The molecule has 1 heterocycles. The number of hydrogen-bond acceptors (Lipinski definition) is 2. The fraction of sp³-hybridized carbons (Fsp3) is 0.688. The van der Waals surface area contributed by atoms with E-state index >= 15 is 0 Å². The zero-order valence-corrected chi connectivity index (χ0v) is 11.9. The van der Waals surface area contributed by atoms with Crippen LogP contribution in [0, 0.1) is 17.8 Å². The second kappa shape index (κ2) is 6.33. The van der Waals surface area contributed by atoms with Crippen molar-refractivity contribution in [2.24, 2.45) is 17.8 Å². The van der Waals surface area contributed by atoms with Gasteiger partial charge in [-0.2, -0.15) is 0 Å². The first-order chi connectivity index (χ1) is 8.70. The molecule has 3 unspecified atom stereocenters. The van der Waals surface area contributed by atoms with E-state index in [9.17, 15) is 0 Å². The van der Waals surface area contributed by atoms with Crippen LogP contribution in [0.5, 0.6) is 0 Å². The fourth-order valence-electron chi connectivity index (χ4n) is 3.63. The van der Waals surface area contributed by atoms with Crippen LogP contribution in [0.1, 0.15) is 51.6 Å². The van der Waals surface area contributed by atoms with Crippen molar-refractivity contribution in [3.8, 4) is 0 Å². The van der Waals surface area contributed by atoms with E-state index in [2.05, 4.69) is 43.2 Å². The molecular weight excluding hydrogens is 220 g/mol. The molecule has 0 aliphatic heterocycles. The summed E-state index contributed by atoms with van der Waals surface area (Å²) in [5, 5.41) is 3.68. The van der Waals surface area contributed by atoms with Gasteiger partial charge in [0.1, 0.15) is 0 Å². The smallest absolute Gasteiger partial charge is 0.0349 e. The molecule has 1 aliphatic rings. The van der Waals surface area contributed by atoms with Gasteiger partial charge in [0.05, 0.1) is 0 Å². The van der Waals surface area contributed by atoms with Crippen LogP contribution >= 0.6 is 0 Å². The first kappa shape index (κ1) is 13.5. The molecule has 1 aromatic heterocycles. The molecule has 2 heteroatoms. The highest BCUT2D eigenvalue weighted by molar-refractivity contribution is 5.16. The molecule has 100 valence electrons. The van der Waals surface area contributed by atoms with E-state index in [1.165, 1.54) is 24.8 Å². The van der Waals surface area contributed by atoms with Crippen LogP contribution in [0.3, 0.4) is 0 Å². The Morgan fingerprint density at radius 1 is 1.17 bits per heavy atom. The average Bonchev–Trinajstić information content (AvgIpc) is 2.36. The van der Waals surface area contributed by atoms with Crippen molar-refractivity contribution >= 4 is 0 Å². The van der Waals surface area contributed by atoms with Crippen LogP contribution in [0.15, 0.2) is 24.5 Å². The predicted molar refractivity (Wildman–Crippen MR) is 76.3 cm³/mol. The van der Waals surface area contributed by atoms with Crippen LogP contribution in [0.25, 0.3) is 0 Å². The van der Waals surface area contributed by atoms with Crippen molar-refractivity contribution in [2.75, 3.05) is 6.54 Å². The predicted octanol–water partition coefficient (Wildman–Crippen LogP) is 3.80. The van der Waals surface area contributed by atoms with E-state index < -0.39 is 0 Å². The lowest BCUT2D eigenvalue weighted by atomic mass is 9.72. The first-order valence-electron chi connectivity index (χ1n) is 7.34. The van der Waals surface area contributed by atoms with Crippen LogP contribution in [0.2, 0.25) is 0 Å². The molecule has 1 fully saturated rings. The van der Waals surface area contributed by atoms with Gasteiger partial charge in [-0.1, -0.05) is 20.8 Å². The average molecular weight is 246 g/mol. The van der Waals surface area contributed by atoms with Crippen molar-refractivity contribution < 1.29 is 0 Å². The first-order valence-corrected chi connectivity index (χ1v) is 7.34. The summed E-state index contributed by atoms with van der Waals surface area (Å²) in [7, 11) is 0. The summed E-state index contributed by atoms with van der Waals surface area (Å²) in [6, 6.07) is 4.83. The Bertz CT molecular complexity index is 339. The fourth-order valence-corrected chi connectivity index (χ4v) is 3.63. The summed E-state index contributed by atoms with van der Waals surface area (Å²) in [5.41, 5.74) is 1.40. The van der Waals surface area contributed by atoms with Gasteiger partial charge in [-0.3, -0.25) is 4.98 Å². The minimum Gasteiger partial charge on any atom is -0.310 e. The SMILES string of the molecule is CCNC(c1ccncc1)C1CC(C)CC(C)C1. The van der Waals surface area contributed by atoms with Gasteiger partial charge in [0.15, 0.2) is 0 Å². The van der Waals surface area contributed by atoms with Crippen molar-refractivity contribution in [3.05, 3.63) is 30.1 Å². The van der Waals surface area contributed by atoms with Gasteiger partial charge in [-0.25, -0.2) is 0 Å². The Morgan fingerprint density at radius 3 is 2.33 bits per heavy atom. The zero-order chi connectivity index (χ0) is 13.0. The molecule has 2 rings (SSSR count). The number of hydrogen-bond donors (Lipinski definition) is 1. The molecule has 1 N–H and O–H groups in total. The largest absolute Gasteiger partial charge is 0.310 e. The van der Waals surface area contributed by atoms with Crippen molar-refractivity contribution in [2.45, 2.75) is 46.1 Å². The molecule has 0 aromatic carbocycles. The van der Waals surface area contributed by atoms with E-state index in [-0.39, 0.29) is 0 Å². The lowest BCUT2D eigenvalue weighted by Crippen LogP contribution is -2.33. The number of nitrogens with zero attached hydrogens (tertiary/aromatic N) is 1. The van der Waals surface area contributed by atoms with Gasteiger partial charge >= 0.3 is 0 Å². The van der Waals surface area contributed by atoms with E-state index in [4.69, 9.17) is 0 Å². The quantitative estimate of drug-likeness (QED) is 0.874. The molecule has 3 atom stereocenters. The maximum absolute atomic E-state index is 4.14. The molecule has 18 heavy (non-hydrogen) atoms. The molecule has 0 spiro atoms. The summed E-state index contributed by atoms with van der Waals surface area (Å²) >= 11 is 0. The lowest BCUT2D eigenvalue weighted by molar-refractivity contribution is 0.177. The zero-order valence-electron chi connectivity index (χ0n) is 11.9. The van der Waals surface area contributed by atoms with Crippen LogP contribution in [-0.2, 0) is 0 Å². The Kier molecular flexibility index (Phi) is 4.76. The third-order valence-corrected chi connectivity index (χ3v) is 4.18. The van der Waals surface area contributed by atoms with Gasteiger partial charge in [-0.05, 0) is 61.3 Å². The third kappa shape index (κ3) is 3.32. The molecule has 0 amide bonds. The maximum atomic E-state index is 4.14. The monoisotopic (exact) mass is 246 g/mol. The minimum absolute atomic E-state index is 0.503. The molecule has 0 radical (unpaired) electrons. The summed E-state index contributed by atoms with van der Waals surface area (Å²) in [6.07, 6.45) is 7.92. The normalized spacial score (nSPS) is 30.1. The van der Waals surface area contributed by atoms with Crippen LogP contribution < -0.4 is 5.32 Å². The number of rotatable bonds is 4. The van der Waals surface area contributed by atoms with Gasteiger partial charge in [-0.15, -0.1) is 0 Å². The molecule has 2 nitrogen and oxygen atoms in total. The topological polar surface area (TPSA) is 24.9 Å². The Balaban J connectivity index is 2.14. The number of nitrogens with one attached hydrogen (secondary N) is 1. The van der Waals surface area contributed by atoms with Crippen LogP contribution in [-0.4, -0.2) is 11.5 Å². The Morgan fingerprint density at radius 2 is 1.78 bits per heavy atom. The number of aromatic nitrogens is 1. The van der Waals surface area contributed by atoms with Gasteiger partial charge in [0, 0.05) is 18.4 Å². The lowest BCUT2D eigenvalue weighted by Gasteiger charge is -2.37. The highest BCUT2D eigenvalue weighted by atomic mass is 14.9. The number of pyridine rings is 1. The Labute approximate surface area is 111 Å². The highest BCUT2D eigenvalue weighted by Gasteiger charge is 2.30. The van der Waals surface area contributed by atoms with Gasteiger partial charge < -0.3 is 5.32 Å². The van der Waals surface area contributed by atoms with E-state index in [0.717, 1.165) is 24.3 Å². The minimum atomic E-state index is 0.503. The standard InChI is InChI=1S/C16H26N2/c1-4-18-16(14-5-7-17-8-6-14)15-10-12(2)9-13(3)11-15/h5-8,12-13,15-16,18H,4,9-11H2,1-3H3. The van der Waals surface area contributed by atoms with Crippen LogP contribution in [0.4, 0.5) is 0 Å². The van der Waals surface area contributed by atoms with E-state index in [0.29, 0.717) is 6.04 Å². The van der Waals surface area contributed by atoms with Gasteiger partial charge in [0.25, 0.3) is 0 Å². The van der Waals surface area contributed by atoms with Crippen molar-refractivity contribution in [3.63, 3.8) is 0 Å². The molecule has 1 aromatic rings. The summed E-state index contributed by atoms with van der Waals surface area (Å²) < 4.78 is 0. The van der Waals surface area contributed by atoms with Crippen molar-refractivity contribution in [1.82, 2.24) is 10.3 Å². The van der Waals surface area contributed by atoms with Crippen molar-refractivity contribution in [1.29, 1.82) is 0 Å².